The summed E-state index contributed by atoms with van der Waals surface area (Å²) in [4.78, 5) is 12.2. The van der Waals surface area contributed by atoms with Crippen molar-refractivity contribution in [1.82, 2.24) is 5.32 Å². The molecule has 0 aromatic carbocycles. The molecule has 5 nitrogen and oxygen atoms in total. The molecule has 0 aliphatic heterocycles. The van der Waals surface area contributed by atoms with Gasteiger partial charge in [0.25, 0.3) is 5.91 Å². The summed E-state index contributed by atoms with van der Waals surface area (Å²) in [6, 6.07) is 1.97. The first-order valence-corrected chi connectivity index (χ1v) is 6.99. The lowest BCUT2D eigenvalue weighted by Crippen LogP contribution is -2.44. The second-order valence-corrected chi connectivity index (χ2v) is 6.30. The lowest BCUT2D eigenvalue weighted by atomic mass is 9.74. The van der Waals surface area contributed by atoms with Crippen molar-refractivity contribution in [3.8, 4) is 0 Å². The molecule has 20 heavy (non-hydrogen) atoms. The molecule has 1 heterocycles. The summed E-state index contributed by atoms with van der Waals surface area (Å²) in [5, 5.41) is 3.04. The van der Waals surface area contributed by atoms with Gasteiger partial charge in [-0.2, -0.15) is 0 Å². The summed E-state index contributed by atoms with van der Waals surface area (Å²) >= 11 is 0. The number of ether oxygens (including phenoxy) is 1. The Hall–Kier alpha value is -1.33. The van der Waals surface area contributed by atoms with Crippen LogP contribution in [0.4, 0.5) is 0 Å². The number of carbonyl (C=O) groups is 1. The van der Waals surface area contributed by atoms with Gasteiger partial charge in [0.1, 0.15) is 17.6 Å². The summed E-state index contributed by atoms with van der Waals surface area (Å²) < 4.78 is 10.8. The largest absolute Gasteiger partial charge is 0.466 e. The fourth-order valence-electron chi connectivity index (χ4n) is 2.89. The molecule has 0 radical (unpaired) electrons. The quantitative estimate of drug-likeness (QED) is 0.880. The maximum atomic E-state index is 12.2. The maximum absolute atomic E-state index is 12.2. The lowest BCUT2D eigenvalue weighted by molar-refractivity contribution is -0.131. The van der Waals surface area contributed by atoms with E-state index in [4.69, 9.17) is 14.9 Å². The third-order valence-corrected chi connectivity index (χ3v) is 3.84. The van der Waals surface area contributed by atoms with Crippen LogP contribution in [0.5, 0.6) is 0 Å². The van der Waals surface area contributed by atoms with Gasteiger partial charge in [-0.25, -0.2) is 0 Å². The highest BCUT2D eigenvalue weighted by Crippen LogP contribution is 2.41. The van der Waals surface area contributed by atoms with Gasteiger partial charge < -0.3 is 20.2 Å². The maximum Gasteiger partial charge on any atom is 0.250 e. The van der Waals surface area contributed by atoms with E-state index in [0.717, 1.165) is 29.9 Å². The fourth-order valence-corrected chi connectivity index (χ4v) is 2.89. The smallest absolute Gasteiger partial charge is 0.250 e. The Morgan fingerprint density at radius 2 is 2.35 bits per heavy atom. The van der Waals surface area contributed by atoms with Crippen LogP contribution in [0.1, 0.15) is 43.4 Å². The number of hydrogen-bond donors (Lipinski definition) is 2. The Labute approximate surface area is 119 Å². The fraction of sp³-hybridized carbons (Fsp3) is 0.667. The second kappa shape index (κ2) is 5.58. The molecule has 3 N–H and O–H groups in total. The molecule has 0 bridgehead atoms. The first kappa shape index (κ1) is 15.1. The number of nitrogens with one attached hydrogen (secondary N) is 1. The number of hydrogen-bond acceptors (Lipinski definition) is 4. The molecule has 5 heteroatoms. The Morgan fingerprint density at radius 1 is 1.65 bits per heavy atom. The van der Waals surface area contributed by atoms with E-state index in [-0.39, 0.29) is 23.9 Å². The van der Waals surface area contributed by atoms with E-state index in [0.29, 0.717) is 0 Å². The van der Waals surface area contributed by atoms with Crippen LogP contribution >= 0.6 is 0 Å². The zero-order valence-electron chi connectivity index (χ0n) is 12.7. The summed E-state index contributed by atoms with van der Waals surface area (Å²) in [6.45, 7) is 6.48. The highest BCUT2D eigenvalue weighted by Gasteiger charge is 2.36. The number of rotatable bonds is 4. The van der Waals surface area contributed by atoms with Crippen molar-refractivity contribution in [2.24, 2.45) is 11.1 Å². The van der Waals surface area contributed by atoms with E-state index in [1.165, 1.54) is 7.11 Å². The minimum absolute atomic E-state index is 0.0390. The highest BCUT2D eigenvalue weighted by molar-refractivity contribution is 5.81. The molecule has 0 fully saturated rings. The van der Waals surface area contributed by atoms with Crippen molar-refractivity contribution in [2.75, 3.05) is 13.7 Å². The third kappa shape index (κ3) is 3.04. The predicted octanol–water partition coefficient (Wildman–Crippen LogP) is 1.69. The molecular formula is C15H24N2O3. The number of amides is 1. The van der Waals surface area contributed by atoms with E-state index in [1.807, 2.05) is 13.0 Å². The molecule has 1 aliphatic carbocycles. The van der Waals surface area contributed by atoms with Crippen molar-refractivity contribution in [3.05, 3.63) is 23.2 Å². The van der Waals surface area contributed by atoms with Crippen LogP contribution in [0.3, 0.4) is 0 Å². The van der Waals surface area contributed by atoms with Gasteiger partial charge in [0.05, 0.1) is 6.04 Å². The molecule has 1 aromatic rings. The van der Waals surface area contributed by atoms with Crippen molar-refractivity contribution in [3.63, 3.8) is 0 Å². The topological polar surface area (TPSA) is 77.5 Å². The standard InChI is InChI=1S/C15H24N2O3/c1-9-5-10-11(17-14(18)13(8-16)19-4)6-15(2,3)7-12(10)20-9/h5,11,13H,6-8,16H2,1-4H3,(H,17,18). The van der Waals surface area contributed by atoms with E-state index in [9.17, 15) is 4.79 Å². The molecule has 2 atom stereocenters. The minimum Gasteiger partial charge on any atom is -0.466 e. The molecule has 0 spiro atoms. The van der Waals surface area contributed by atoms with Crippen LogP contribution in [0.2, 0.25) is 0 Å². The van der Waals surface area contributed by atoms with E-state index < -0.39 is 6.10 Å². The van der Waals surface area contributed by atoms with Crippen molar-refractivity contribution < 1.29 is 13.9 Å². The monoisotopic (exact) mass is 280 g/mol. The van der Waals surface area contributed by atoms with Gasteiger partial charge in [0.15, 0.2) is 0 Å². The number of furan rings is 1. The molecule has 112 valence electrons. The summed E-state index contributed by atoms with van der Waals surface area (Å²) in [5.41, 5.74) is 6.72. The van der Waals surface area contributed by atoms with Gasteiger partial charge in [-0.05, 0) is 24.8 Å². The van der Waals surface area contributed by atoms with Gasteiger partial charge in [-0.1, -0.05) is 13.8 Å². The van der Waals surface area contributed by atoms with E-state index in [1.54, 1.807) is 0 Å². The minimum atomic E-state index is -0.600. The van der Waals surface area contributed by atoms with Crippen molar-refractivity contribution in [1.29, 1.82) is 0 Å². The highest BCUT2D eigenvalue weighted by atomic mass is 16.5. The number of aryl methyl sites for hydroxylation is 1. The van der Waals surface area contributed by atoms with E-state index >= 15 is 0 Å². The van der Waals surface area contributed by atoms with E-state index in [2.05, 4.69) is 19.2 Å². The summed E-state index contributed by atoms with van der Waals surface area (Å²) in [6.07, 6.45) is 1.18. The lowest BCUT2D eigenvalue weighted by Gasteiger charge is -2.35. The van der Waals surface area contributed by atoms with Gasteiger partial charge in [-0.3, -0.25) is 4.79 Å². The van der Waals surface area contributed by atoms with Crippen LogP contribution in [0, 0.1) is 12.3 Å². The Bertz CT molecular complexity index is 489. The summed E-state index contributed by atoms with van der Waals surface area (Å²) in [5.74, 6) is 1.70. The van der Waals surface area contributed by atoms with Crippen LogP contribution in [-0.2, 0) is 16.0 Å². The molecule has 1 aliphatic rings. The van der Waals surface area contributed by atoms with Crippen LogP contribution < -0.4 is 11.1 Å². The van der Waals surface area contributed by atoms with Gasteiger partial charge >= 0.3 is 0 Å². The SMILES string of the molecule is COC(CN)C(=O)NC1CC(C)(C)Cc2oc(C)cc21. The Balaban J connectivity index is 2.21. The normalized spacial score (nSPS) is 22.1. The van der Waals surface area contributed by atoms with Gasteiger partial charge in [0, 0.05) is 25.6 Å². The van der Waals surface area contributed by atoms with Gasteiger partial charge in [-0.15, -0.1) is 0 Å². The molecule has 1 amide bonds. The second-order valence-electron chi connectivity index (χ2n) is 6.30. The average Bonchev–Trinajstić information content (AvgIpc) is 2.69. The van der Waals surface area contributed by atoms with Gasteiger partial charge in [0.2, 0.25) is 0 Å². The van der Waals surface area contributed by atoms with Crippen LogP contribution in [0.25, 0.3) is 0 Å². The third-order valence-electron chi connectivity index (χ3n) is 3.84. The predicted molar refractivity (Wildman–Crippen MR) is 76.3 cm³/mol. The Morgan fingerprint density at radius 3 is 2.95 bits per heavy atom. The summed E-state index contributed by atoms with van der Waals surface area (Å²) in [7, 11) is 1.50. The molecular weight excluding hydrogens is 256 g/mol. The first-order chi connectivity index (χ1) is 9.36. The molecule has 2 rings (SSSR count). The van der Waals surface area contributed by atoms with Crippen LogP contribution in [0.15, 0.2) is 10.5 Å². The molecule has 0 saturated heterocycles. The number of nitrogens with two attached hydrogens (primary N) is 1. The Kier molecular flexibility index (Phi) is 4.20. The molecule has 2 unspecified atom stereocenters. The zero-order valence-corrected chi connectivity index (χ0v) is 12.7. The molecule has 1 aromatic heterocycles. The van der Waals surface area contributed by atoms with Crippen LogP contribution in [-0.4, -0.2) is 25.7 Å². The molecule has 0 saturated carbocycles. The van der Waals surface area contributed by atoms with Crippen molar-refractivity contribution >= 4 is 5.91 Å². The number of methoxy groups -OCH3 is 1. The first-order valence-electron chi connectivity index (χ1n) is 6.99. The number of carbonyl (C=O) groups excluding carboxylic acids is 1. The zero-order chi connectivity index (χ0) is 14.9. The van der Waals surface area contributed by atoms with Crippen molar-refractivity contribution in [2.45, 2.75) is 45.8 Å². The average molecular weight is 280 g/mol. The number of fused-ring (bicyclic) bond motifs is 1.